The van der Waals surface area contributed by atoms with Crippen molar-refractivity contribution in [2.24, 2.45) is 0 Å². The summed E-state index contributed by atoms with van der Waals surface area (Å²) < 4.78 is 19.8. The summed E-state index contributed by atoms with van der Waals surface area (Å²) in [6, 6.07) is 4.57. The van der Waals surface area contributed by atoms with E-state index in [-0.39, 0.29) is 17.2 Å². The molecule has 128 valence electrons. The average Bonchev–Trinajstić information content (AvgIpc) is 2.55. The van der Waals surface area contributed by atoms with Crippen LogP contribution in [0.4, 0.5) is 4.39 Å². The van der Waals surface area contributed by atoms with E-state index in [1.54, 1.807) is 25.3 Å². The number of aliphatic hydroxyl groups excluding tert-OH is 3. The highest BCUT2D eigenvalue weighted by molar-refractivity contribution is 7.99. The van der Waals surface area contributed by atoms with Crippen LogP contribution < -0.4 is 4.74 Å². The molecule has 3 rings (SSSR count). The van der Waals surface area contributed by atoms with Crippen molar-refractivity contribution in [2.45, 2.75) is 30.7 Å². The number of aliphatic hydroxyl groups is 3. The minimum Gasteiger partial charge on any atom is -0.475 e. The highest BCUT2D eigenvalue weighted by atomic mass is 32.2. The van der Waals surface area contributed by atoms with Crippen LogP contribution in [0.2, 0.25) is 0 Å². The van der Waals surface area contributed by atoms with Crippen molar-refractivity contribution in [3.05, 3.63) is 42.1 Å². The number of hydrogen-bond donors (Lipinski definition) is 3. The normalized spacial score (nSPS) is 27.0. The van der Waals surface area contributed by atoms with Crippen molar-refractivity contribution >= 4 is 11.8 Å². The summed E-state index contributed by atoms with van der Waals surface area (Å²) in [5.74, 6) is -0.205. The molecule has 6 nitrogen and oxygen atoms in total. The van der Waals surface area contributed by atoms with Crippen LogP contribution >= 0.6 is 11.8 Å². The monoisotopic (exact) mass is 352 g/mol. The van der Waals surface area contributed by atoms with Crippen LogP contribution in [0, 0.1) is 12.7 Å². The molecule has 1 fully saturated rings. The molecule has 0 radical (unpaired) electrons. The largest absolute Gasteiger partial charge is 0.475 e. The Kier molecular flexibility index (Phi) is 5.00. The fraction of sp³-hybridized carbons (Fsp3) is 0.375. The van der Waals surface area contributed by atoms with Crippen LogP contribution in [-0.2, 0) is 0 Å². The molecule has 1 saturated heterocycles. The van der Waals surface area contributed by atoms with Gasteiger partial charge in [0.1, 0.15) is 23.7 Å². The molecule has 0 saturated carbocycles. The lowest BCUT2D eigenvalue weighted by molar-refractivity contribution is -0.0786. The van der Waals surface area contributed by atoms with Crippen molar-refractivity contribution in [3.63, 3.8) is 0 Å². The van der Waals surface area contributed by atoms with Gasteiger partial charge in [-0.25, -0.2) is 9.37 Å². The van der Waals surface area contributed by atoms with Gasteiger partial charge in [-0.15, -0.1) is 11.8 Å². The zero-order valence-electron chi connectivity index (χ0n) is 12.8. The summed E-state index contributed by atoms with van der Waals surface area (Å²) in [6.45, 7) is 1.81. The molecule has 3 heterocycles. The third-order valence-corrected chi connectivity index (χ3v) is 4.93. The van der Waals surface area contributed by atoms with Gasteiger partial charge >= 0.3 is 0 Å². The molecule has 3 N–H and O–H groups in total. The van der Waals surface area contributed by atoms with Crippen LogP contribution in [0.3, 0.4) is 0 Å². The number of halogens is 1. The SMILES string of the molecule is Cc1cc(-c2ncc(O[C@H]3SC[C@@H](O)[C@H](O)[C@H]3O)cc2F)ccn1. The number of aromatic nitrogens is 2. The molecule has 0 amide bonds. The minimum absolute atomic E-state index is 0.141. The lowest BCUT2D eigenvalue weighted by Crippen LogP contribution is -2.50. The van der Waals surface area contributed by atoms with Crippen LogP contribution in [0.25, 0.3) is 11.3 Å². The Morgan fingerprint density at radius 2 is 2.00 bits per heavy atom. The van der Waals surface area contributed by atoms with Gasteiger partial charge in [0.15, 0.2) is 11.3 Å². The second-order valence-electron chi connectivity index (χ2n) is 5.56. The number of thioether (sulfide) groups is 1. The molecule has 0 aromatic carbocycles. The molecular weight excluding hydrogens is 335 g/mol. The van der Waals surface area contributed by atoms with Crippen molar-refractivity contribution in [2.75, 3.05) is 5.75 Å². The molecule has 0 unspecified atom stereocenters. The molecule has 0 bridgehead atoms. The van der Waals surface area contributed by atoms with Gasteiger partial charge in [0.25, 0.3) is 0 Å². The van der Waals surface area contributed by atoms with Crippen LogP contribution in [-0.4, -0.2) is 54.8 Å². The first kappa shape index (κ1) is 17.1. The number of nitrogens with zero attached hydrogens (tertiary/aromatic N) is 2. The number of hydrogen-bond acceptors (Lipinski definition) is 7. The van der Waals surface area contributed by atoms with Crippen molar-refractivity contribution < 1.29 is 24.4 Å². The zero-order chi connectivity index (χ0) is 17.3. The van der Waals surface area contributed by atoms with E-state index in [0.29, 0.717) is 5.56 Å². The van der Waals surface area contributed by atoms with Crippen LogP contribution in [0.15, 0.2) is 30.6 Å². The van der Waals surface area contributed by atoms with Crippen molar-refractivity contribution in [1.82, 2.24) is 9.97 Å². The van der Waals surface area contributed by atoms with E-state index in [1.165, 1.54) is 12.3 Å². The Labute approximate surface area is 142 Å². The molecule has 24 heavy (non-hydrogen) atoms. The van der Waals surface area contributed by atoms with E-state index < -0.39 is 29.6 Å². The molecule has 8 heteroatoms. The molecule has 2 aromatic rings. The summed E-state index contributed by atoms with van der Waals surface area (Å²) in [4.78, 5) is 8.15. The Morgan fingerprint density at radius 3 is 2.71 bits per heavy atom. The molecule has 1 aliphatic rings. The Hall–Kier alpha value is -1.74. The quantitative estimate of drug-likeness (QED) is 0.762. The van der Waals surface area contributed by atoms with Gasteiger partial charge < -0.3 is 20.1 Å². The molecule has 0 spiro atoms. The molecule has 4 atom stereocenters. The van der Waals surface area contributed by atoms with Crippen LogP contribution in [0.1, 0.15) is 5.69 Å². The highest BCUT2D eigenvalue weighted by Gasteiger charge is 2.38. The predicted octanol–water partition coefficient (Wildman–Crippen LogP) is 1.13. The number of ether oxygens (including phenoxy) is 1. The maximum Gasteiger partial charge on any atom is 0.173 e. The second kappa shape index (κ2) is 7.02. The number of pyridine rings is 2. The van der Waals surface area contributed by atoms with Gasteiger partial charge in [-0.05, 0) is 19.1 Å². The average molecular weight is 352 g/mol. The van der Waals surface area contributed by atoms with E-state index >= 15 is 0 Å². The van der Waals surface area contributed by atoms with E-state index in [0.717, 1.165) is 17.5 Å². The first-order chi connectivity index (χ1) is 11.5. The fourth-order valence-electron chi connectivity index (χ4n) is 2.41. The first-order valence-electron chi connectivity index (χ1n) is 7.37. The Bertz CT molecular complexity index is 733. The Balaban J connectivity index is 1.78. The fourth-order valence-corrected chi connectivity index (χ4v) is 3.53. The van der Waals surface area contributed by atoms with Gasteiger partial charge in [0.2, 0.25) is 0 Å². The maximum atomic E-state index is 14.3. The summed E-state index contributed by atoms with van der Waals surface area (Å²) in [5, 5.41) is 29.1. The second-order valence-corrected chi connectivity index (χ2v) is 6.69. The van der Waals surface area contributed by atoms with E-state index in [9.17, 15) is 19.7 Å². The highest BCUT2D eigenvalue weighted by Crippen LogP contribution is 2.30. The summed E-state index contributed by atoms with van der Waals surface area (Å²) >= 11 is 1.15. The summed E-state index contributed by atoms with van der Waals surface area (Å²) in [5.41, 5.74) is 0.735. The molecule has 2 aromatic heterocycles. The van der Waals surface area contributed by atoms with Crippen molar-refractivity contribution in [1.29, 1.82) is 0 Å². The Morgan fingerprint density at radius 1 is 1.21 bits per heavy atom. The third-order valence-electron chi connectivity index (χ3n) is 3.69. The maximum absolute atomic E-state index is 14.3. The van der Waals surface area contributed by atoms with Gasteiger partial charge in [-0.3, -0.25) is 4.98 Å². The summed E-state index contributed by atoms with van der Waals surface area (Å²) in [6.07, 6.45) is -0.647. The zero-order valence-corrected chi connectivity index (χ0v) is 13.7. The van der Waals surface area contributed by atoms with Gasteiger partial charge in [-0.2, -0.15) is 0 Å². The lowest BCUT2D eigenvalue weighted by Gasteiger charge is -2.34. The van der Waals surface area contributed by atoms with Crippen molar-refractivity contribution in [3.8, 4) is 17.0 Å². The van der Waals surface area contributed by atoms with Gasteiger partial charge in [0, 0.05) is 29.3 Å². The first-order valence-corrected chi connectivity index (χ1v) is 8.41. The molecule has 1 aliphatic heterocycles. The van der Waals surface area contributed by atoms with Gasteiger partial charge in [0.05, 0.1) is 12.3 Å². The van der Waals surface area contributed by atoms with E-state index in [2.05, 4.69) is 9.97 Å². The number of aryl methyl sites for hydroxylation is 1. The topological polar surface area (TPSA) is 95.7 Å². The molecule has 0 aliphatic carbocycles. The van der Waals surface area contributed by atoms with E-state index in [4.69, 9.17) is 4.74 Å². The third kappa shape index (κ3) is 3.51. The summed E-state index contributed by atoms with van der Waals surface area (Å²) in [7, 11) is 0. The molecular formula is C16H17FN2O4S. The van der Waals surface area contributed by atoms with Crippen LogP contribution in [0.5, 0.6) is 5.75 Å². The lowest BCUT2D eigenvalue weighted by atomic mass is 10.1. The van der Waals surface area contributed by atoms with Gasteiger partial charge in [-0.1, -0.05) is 0 Å². The minimum atomic E-state index is -1.30. The standard InChI is InChI=1S/C16H17FN2O4S/c1-8-4-9(2-3-18-8)13-11(17)5-10(6-19-13)23-16-15(22)14(21)12(20)7-24-16/h2-6,12,14-16,20-22H,7H2,1H3/t12-,14+,15-,16+/m1/s1. The predicted molar refractivity (Wildman–Crippen MR) is 87.1 cm³/mol. The smallest absolute Gasteiger partial charge is 0.173 e. The van der Waals surface area contributed by atoms with E-state index in [1.807, 2.05) is 0 Å². The number of rotatable bonds is 3.